The fourth-order valence-electron chi connectivity index (χ4n) is 4.25. The molecule has 0 unspecified atom stereocenters. The summed E-state index contributed by atoms with van der Waals surface area (Å²) in [6.45, 7) is 2.34. The second kappa shape index (κ2) is 10.7. The summed E-state index contributed by atoms with van der Waals surface area (Å²) < 4.78 is 83.8. The van der Waals surface area contributed by atoms with Crippen LogP contribution in [0.4, 0.5) is 19.1 Å². The lowest BCUT2D eigenvalue weighted by Crippen LogP contribution is -2.48. The Balaban J connectivity index is 1.27. The fraction of sp³-hybridized carbons (Fsp3) is 0.259. The fourth-order valence-corrected chi connectivity index (χ4v) is 5.72. The molecule has 1 fully saturated rings. The molecule has 40 heavy (non-hydrogen) atoms. The number of furan rings is 1. The summed E-state index contributed by atoms with van der Waals surface area (Å²) in [6, 6.07) is 16.6. The van der Waals surface area contributed by atoms with E-state index in [1.807, 2.05) is 37.3 Å². The van der Waals surface area contributed by atoms with E-state index in [0.29, 0.717) is 17.6 Å². The van der Waals surface area contributed by atoms with Gasteiger partial charge in [-0.05, 0) is 55.0 Å². The molecule has 0 atom stereocenters. The zero-order valence-corrected chi connectivity index (χ0v) is 22.0. The minimum Gasteiger partial charge on any atom is -0.486 e. The van der Waals surface area contributed by atoms with E-state index in [9.17, 15) is 26.9 Å². The molecule has 3 heterocycles. The van der Waals surface area contributed by atoms with E-state index >= 15 is 0 Å². The van der Waals surface area contributed by atoms with Crippen molar-refractivity contribution >= 4 is 15.9 Å². The molecule has 0 radical (unpaired) electrons. The highest BCUT2D eigenvalue weighted by Gasteiger charge is 2.35. The van der Waals surface area contributed by atoms with E-state index in [-0.39, 0.29) is 56.0 Å². The Morgan fingerprint density at radius 3 is 2.48 bits per heavy atom. The van der Waals surface area contributed by atoms with E-state index in [1.54, 1.807) is 17.0 Å². The van der Waals surface area contributed by atoms with Gasteiger partial charge in [-0.2, -0.15) is 27.7 Å². The molecule has 4 aromatic rings. The second-order valence-electron chi connectivity index (χ2n) is 9.07. The van der Waals surface area contributed by atoms with Gasteiger partial charge in [0.2, 0.25) is 21.6 Å². The van der Waals surface area contributed by atoms with Crippen molar-refractivity contribution in [2.45, 2.75) is 24.6 Å². The first-order valence-electron chi connectivity index (χ1n) is 12.2. The topological polar surface area (TPSA) is 113 Å². The van der Waals surface area contributed by atoms with Crippen LogP contribution in [-0.2, 0) is 22.8 Å². The van der Waals surface area contributed by atoms with Crippen molar-refractivity contribution in [1.82, 2.24) is 9.29 Å². The number of hydrogen-bond donors (Lipinski definition) is 0. The quantitative estimate of drug-likeness (QED) is 0.296. The van der Waals surface area contributed by atoms with Crippen molar-refractivity contribution in [3.05, 3.63) is 83.2 Å². The molecule has 1 aliphatic heterocycles. The van der Waals surface area contributed by atoms with Crippen LogP contribution in [0.25, 0.3) is 11.7 Å². The number of piperazine rings is 1. The predicted octanol–water partition coefficient (Wildman–Crippen LogP) is 5.22. The molecule has 0 N–H and O–H groups in total. The first-order valence-corrected chi connectivity index (χ1v) is 13.6. The molecular weight excluding hydrogens is 549 g/mol. The first kappa shape index (κ1) is 27.3. The molecule has 1 saturated heterocycles. The highest BCUT2D eigenvalue weighted by atomic mass is 32.2. The van der Waals surface area contributed by atoms with Crippen molar-refractivity contribution in [3.63, 3.8) is 0 Å². The highest BCUT2D eigenvalue weighted by Crippen LogP contribution is 2.33. The van der Waals surface area contributed by atoms with Gasteiger partial charge in [0.1, 0.15) is 24.2 Å². The van der Waals surface area contributed by atoms with E-state index in [0.717, 1.165) is 28.1 Å². The third kappa shape index (κ3) is 5.68. The van der Waals surface area contributed by atoms with Crippen LogP contribution in [-0.4, -0.2) is 43.9 Å². The largest absolute Gasteiger partial charge is 0.486 e. The summed E-state index contributed by atoms with van der Waals surface area (Å²) in [5, 5.41) is 9.62. The van der Waals surface area contributed by atoms with E-state index in [2.05, 4.69) is 4.98 Å². The number of anilines is 1. The lowest BCUT2D eigenvalue weighted by atomic mass is 10.2. The van der Waals surface area contributed by atoms with Crippen LogP contribution in [0.1, 0.15) is 22.6 Å². The van der Waals surface area contributed by atoms with E-state index in [1.165, 1.54) is 0 Å². The maximum absolute atomic E-state index is 13.1. The number of benzene rings is 2. The van der Waals surface area contributed by atoms with Crippen LogP contribution >= 0.6 is 0 Å². The molecule has 1 aliphatic rings. The van der Waals surface area contributed by atoms with E-state index in [4.69, 9.17) is 13.6 Å². The number of aromatic nitrogens is 1. The Hall–Kier alpha value is -4.28. The number of rotatable bonds is 7. The third-order valence-electron chi connectivity index (χ3n) is 6.28. The minimum atomic E-state index is -4.66. The molecule has 2 aromatic carbocycles. The number of halogens is 3. The van der Waals surface area contributed by atoms with Gasteiger partial charge in [-0.15, -0.1) is 0 Å². The Kier molecular flexibility index (Phi) is 7.31. The van der Waals surface area contributed by atoms with Gasteiger partial charge < -0.3 is 18.5 Å². The molecular formula is C27H23F3N4O5S. The molecule has 0 bridgehead atoms. The van der Waals surface area contributed by atoms with Crippen molar-refractivity contribution < 1.29 is 35.2 Å². The van der Waals surface area contributed by atoms with Gasteiger partial charge in [0.15, 0.2) is 5.76 Å². The maximum Gasteiger partial charge on any atom is 0.416 e. The summed E-state index contributed by atoms with van der Waals surface area (Å²) in [5.41, 5.74) is 0.0177. The van der Waals surface area contributed by atoms with E-state index < -0.39 is 26.7 Å². The van der Waals surface area contributed by atoms with Gasteiger partial charge >= 0.3 is 6.18 Å². The lowest BCUT2D eigenvalue weighted by molar-refractivity contribution is -0.137. The molecule has 0 spiro atoms. The SMILES string of the molecule is Cc1cccc(OCc2ccc(-c3nc(C#N)c(N4CCN(S(=O)(=O)c5cccc(C(F)(F)F)c5)CC4)o3)o2)c1. The van der Waals surface area contributed by atoms with Gasteiger partial charge in [0.25, 0.3) is 5.89 Å². The van der Waals surface area contributed by atoms with Crippen LogP contribution in [0, 0.1) is 18.3 Å². The Bertz CT molecular complexity index is 1670. The molecule has 0 aliphatic carbocycles. The molecule has 0 saturated carbocycles. The van der Waals surface area contributed by atoms with Crippen LogP contribution < -0.4 is 9.64 Å². The Morgan fingerprint density at radius 1 is 1.02 bits per heavy atom. The monoisotopic (exact) mass is 572 g/mol. The van der Waals surface area contributed by atoms with Gasteiger partial charge in [-0.3, -0.25) is 0 Å². The van der Waals surface area contributed by atoms with Crippen molar-refractivity contribution in [2.24, 2.45) is 0 Å². The van der Waals surface area contributed by atoms with Gasteiger partial charge in [-0.25, -0.2) is 8.42 Å². The van der Waals surface area contributed by atoms with Gasteiger partial charge in [0, 0.05) is 26.2 Å². The number of oxazole rings is 1. The predicted molar refractivity (Wildman–Crippen MR) is 137 cm³/mol. The number of aryl methyl sites for hydroxylation is 1. The molecule has 0 amide bonds. The average Bonchev–Trinajstić information content (AvgIpc) is 3.59. The lowest BCUT2D eigenvalue weighted by Gasteiger charge is -2.33. The molecule has 5 rings (SSSR count). The summed E-state index contributed by atoms with van der Waals surface area (Å²) in [5.74, 6) is 1.73. The number of nitrogens with zero attached hydrogens (tertiary/aromatic N) is 4. The standard InChI is InChI=1S/C27H23F3N4O5S/c1-18-4-2-6-20(14-18)37-17-21-8-9-24(38-21)25-32-23(16-31)26(39-25)33-10-12-34(13-11-33)40(35,36)22-7-3-5-19(15-22)27(28,29)30/h2-9,14-15H,10-13,17H2,1H3. The van der Waals surface area contributed by atoms with Crippen molar-refractivity contribution in [1.29, 1.82) is 5.26 Å². The second-order valence-corrected chi connectivity index (χ2v) is 11.0. The maximum atomic E-state index is 13.1. The zero-order valence-electron chi connectivity index (χ0n) is 21.2. The first-order chi connectivity index (χ1) is 19.0. The van der Waals surface area contributed by atoms with Crippen molar-refractivity contribution in [3.8, 4) is 23.5 Å². The highest BCUT2D eigenvalue weighted by molar-refractivity contribution is 7.89. The van der Waals surface area contributed by atoms with Crippen LogP contribution in [0.3, 0.4) is 0 Å². The number of alkyl halides is 3. The number of ether oxygens (including phenoxy) is 1. The average molecular weight is 573 g/mol. The Labute approximate surface area is 228 Å². The third-order valence-corrected chi connectivity index (χ3v) is 8.18. The molecule has 2 aromatic heterocycles. The van der Waals surface area contributed by atoms with Gasteiger partial charge in [0.05, 0.1) is 10.5 Å². The minimum absolute atomic E-state index is 0.00172. The smallest absolute Gasteiger partial charge is 0.416 e. The Morgan fingerprint density at radius 2 is 1.77 bits per heavy atom. The molecule has 13 heteroatoms. The number of sulfonamides is 1. The summed E-state index contributed by atoms with van der Waals surface area (Å²) in [7, 11) is -4.16. The number of nitriles is 1. The molecule has 9 nitrogen and oxygen atoms in total. The normalized spacial score (nSPS) is 14.7. The van der Waals surface area contributed by atoms with Crippen LogP contribution in [0.15, 0.2) is 74.4 Å². The molecule has 208 valence electrons. The van der Waals surface area contributed by atoms with Crippen LogP contribution in [0.5, 0.6) is 5.75 Å². The zero-order chi connectivity index (χ0) is 28.5. The van der Waals surface area contributed by atoms with Crippen molar-refractivity contribution in [2.75, 3.05) is 31.1 Å². The summed E-state index contributed by atoms with van der Waals surface area (Å²) >= 11 is 0. The summed E-state index contributed by atoms with van der Waals surface area (Å²) in [6.07, 6.45) is -4.66. The van der Waals surface area contributed by atoms with Gasteiger partial charge in [-0.1, -0.05) is 18.2 Å². The summed E-state index contributed by atoms with van der Waals surface area (Å²) in [4.78, 5) is 5.45. The number of hydrogen-bond acceptors (Lipinski definition) is 8. The van der Waals surface area contributed by atoms with Crippen LogP contribution in [0.2, 0.25) is 0 Å².